The molecule has 0 aliphatic heterocycles. The number of hydrogen-bond acceptors (Lipinski definition) is 12. The lowest BCUT2D eigenvalue weighted by Crippen LogP contribution is -2.15. The molecule has 0 aliphatic rings. The number of esters is 2. The molecule has 3 rings (SSSR count). The molecule has 0 unspecified atom stereocenters. The van der Waals surface area contributed by atoms with Gasteiger partial charge in [0.2, 0.25) is 5.13 Å². The maximum atomic E-state index is 12.7. The number of thiophene rings is 1. The quantitative estimate of drug-likeness (QED) is 0.383. The molecule has 154 valence electrons. The molecule has 10 nitrogen and oxygen atoms in total. The molecule has 0 saturated carbocycles. The zero-order chi connectivity index (χ0) is 21.0. The first-order chi connectivity index (χ1) is 14.0. The summed E-state index contributed by atoms with van der Waals surface area (Å²) in [6, 6.07) is 0. The van der Waals surface area contributed by atoms with E-state index in [2.05, 4.69) is 30.2 Å². The summed E-state index contributed by atoms with van der Waals surface area (Å²) in [5, 5.41) is 12.1. The highest BCUT2D eigenvalue weighted by atomic mass is 32.2. The summed E-state index contributed by atoms with van der Waals surface area (Å²) in [5.41, 5.74) is -0.169. The first-order valence-electron chi connectivity index (χ1n) is 8.36. The van der Waals surface area contributed by atoms with Crippen LogP contribution in [0.4, 0.5) is 5.13 Å². The first kappa shape index (κ1) is 21.2. The molecule has 0 aliphatic carbocycles. The van der Waals surface area contributed by atoms with Gasteiger partial charge in [-0.25, -0.2) is 9.78 Å². The predicted molar refractivity (Wildman–Crippen MR) is 111 cm³/mol. The Hall–Kier alpha value is -2.51. The molecule has 0 saturated heterocycles. The van der Waals surface area contributed by atoms with Gasteiger partial charge in [0, 0.05) is 12.1 Å². The molecule has 3 aromatic heterocycles. The van der Waals surface area contributed by atoms with E-state index in [-0.39, 0.29) is 22.2 Å². The van der Waals surface area contributed by atoms with Gasteiger partial charge in [0.05, 0.1) is 31.8 Å². The van der Waals surface area contributed by atoms with E-state index in [1.165, 1.54) is 37.3 Å². The minimum Gasteiger partial charge on any atom is -0.469 e. The van der Waals surface area contributed by atoms with E-state index in [9.17, 15) is 14.4 Å². The first-order valence-corrected chi connectivity index (χ1v) is 11.0. The van der Waals surface area contributed by atoms with Crippen molar-refractivity contribution in [3.8, 4) is 0 Å². The summed E-state index contributed by atoms with van der Waals surface area (Å²) in [6.45, 7) is 2.72. The zero-order valence-electron chi connectivity index (χ0n) is 15.7. The minimum atomic E-state index is -0.632. The SMILES string of the molecule is CCNc1nnc(SCc2nc3sc(C(=O)OC)c(CC(=O)OC)c3c(=O)[nH]2)s1. The number of aromatic amines is 1. The van der Waals surface area contributed by atoms with Crippen LogP contribution in [0.1, 0.15) is 28.0 Å². The van der Waals surface area contributed by atoms with Gasteiger partial charge in [0.15, 0.2) is 4.34 Å². The number of carbonyl (C=O) groups is 2. The van der Waals surface area contributed by atoms with E-state index in [0.717, 1.165) is 27.4 Å². The predicted octanol–water partition coefficient (Wildman–Crippen LogP) is 2.06. The number of methoxy groups -OCH3 is 2. The Morgan fingerprint density at radius 1 is 1.21 bits per heavy atom. The standard InChI is InChI=1S/C16H17N5O5S3/c1-4-17-15-20-21-16(29-15)27-6-8-18-12(23)10-7(5-9(22)25-2)11(14(24)26-3)28-13(10)19-8/h4-6H2,1-3H3,(H,17,20)(H,18,19,23). The van der Waals surface area contributed by atoms with Crippen LogP contribution in [0.15, 0.2) is 9.13 Å². The number of hydrogen-bond donors (Lipinski definition) is 2. The van der Waals surface area contributed by atoms with Crippen molar-refractivity contribution >= 4 is 61.7 Å². The maximum Gasteiger partial charge on any atom is 0.348 e. The van der Waals surface area contributed by atoms with Crippen molar-refractivity contribution in [3.63, 3.8) is 0 Å². The fourth-order valence-electron chi connectivity index (χ4n) is 2.44. The van der Waals surface area contributed by atoms with Gasteiger partial charge in [-0.2, -0.15) is 0 Å². The second-order valence-corrected chi connectivity index (χ2v) is 8.74. The molecule has 0 amide bonds. The van der Waals surface area contributed by atoms with E-state index in [4.69, 9.17) is 4.74 Å². The van der Waals surface area contributed by atoms with E-state index in [0.29, 0.717) is 16.4 Å². The number of anilines is 1. The van der Waals surface area contributed by atoms with E-state index >= 15 is 0 Å². The minimum absolute atomic E-state index is 0.162. The van der Waals surface area contributed by atoms with Crippen molar-refractivity contribution in [3.05, 3.63) is 26.6 Å². The van der Waals surface area contributed by atoms with Crippen molar-refractivity contribution in [2.45, 2.75) is 23.4 Å². The van der Waals surface area contributed by atoms with Crippen molar-refractivity contribution < 1.29 is 19.1 Å². The Morgan fingerprint density at radius 2 is 2.00 bits per heavy atom. The maximum absolute atomic E-state index is 12.7. The fraction of sp³-hybridized carbons (Fsp3) is 0.375. The molecule has 0 spiro atoms. The number of H-pyrrole nitrogens is 1. The highest BCUT2D eigenvalue weighted by molar-refractivity contribution is 8.00. The molecule has 0 aromatic carbocycles. The molecule has 0 bridgehead atoms. The van der Waals surface area contributed by atoms with Gasteiger partial charge in [-0.15, -0.1) is 21.5 Å². The van der Waals surface area contributed by atoms with Crippen LogP contribution in [-0.4, -0.2) is 52.9 Å². The summed E-state index contributed by atoms with van der Waals surface area (Å²) in [6.07, 6.45) is -0.224. The number of nitrogens with zero attached hydrogens (tertiary/aromatic N) is 3. The Labute approximate surface area is 177 Å². The highest BCUT2D eigenvalue weighted by Gasteiger charge is 2.24. The Morgan fingerprint density at radius 3 is 2.69 bits per heavy atom. The van der Waals surface area contributed by atoms with Gasteiger partial charge in [-0.1, -0.05) is 23.1 Å². The number of carbonyl (C=O) groups excluding carboxylic acids is 2. The molecule has 3 aromatic rings. The Kier molecular flexibility index (Phi) is 6.82. The monoisotopic (exact) mass is 455 g/mol. The second kappa shape index (κ2) is 9.33. The smallest absolute Gasteiger partial charge is 0.348 e. The van der Waals surface area contributed by atoms with Gasteiger partial charge < -0.3 is 19.8 Å². The Balaban J connectivity index is 1.92. The van der Waals surface area contributed by atoms with Crippen LogP contribution in [0.25, 0.3) is 10.2 Å². The molecule has 13 heteroatoms. The summed E-state index contributed by atoms with van der Waals surface area (Å²) in [7, 11) is 2.47. The molecule has 0 radical (unpaired) electrons. The van der Waals surface area contributed by atoms with E-state index < -0.39 is 17.5 Å². The molecule has 0 atom stereocenters. The molecular formula is C16H17N5O5S3. The number of thioether (sulfide) groups is 1. The largest absolute Gasteiger partial charge is 0.469 e. The lowest BCUT2D eigenvalue weighted by Gasteiger charge is -2.02. The van der Waals surface area contributed by atoms with Crippen LogP contribution < -0.4 is 10.9 Å². The molecular weight excluding hydrogens is 438 g/mol. The van der Waals surface area contributed by atoms with Gasteiger partial charge in [0.1, 0.15) is 15.5 Å². The lowest BCUT2D eigenvalue weighted by molar-refractivity contribution is -0.139. The third kappa shape index (κ3) is 4.74. The summed E-state index contributed by atoms with van der Waals surface area (Å²) in [5.74, 6) is -0.410. The Bertz CT molecular complexity index is 1110. The molecule has 29 heavy (non-hydrogen) atoms. The van der Waals surface area contributed by atoms with Gasteiger partial charge in [-0.05, 0) is 6.92 Å². The number of nitrogens with one attached hydrogen (secondary N) is 2. The fourth-order valence-corrected chi connectivity index (χ4v) is 5.26. The van der Waals surface area contributed by atoms with Crippen molar-refractivity contribution in [2.75, 3.05) is 26.1 Å². The zero-order valence-corrected chi connectivity index (χ0v) is 18.2. The molecule has 0 fully saturated rings. The number of rotatable bonds is 8. The van der Waals surface area contributed by atoms with Crippen LogP contribution in [0.5, 0.6) is 0 Å². The molecule has 3 heterocycles. The van der Waals surface area contributed by atoms with Crippen LogP contribution in [0.2, 0.25) is 0 Å². The highest BCUT2D eigenvalue weighted by Crippen LogP contribution is 2.31. The van der Waals surface area contributed by atoms with Crippen molar-refractivity contribution in [1.82, 2.24) is 20.2 Å². The van der Waals surface area contributed by atoms with Crippen LogP contribution in [-0.2, 0) is 26.4 Å². The van der Waals surface area contributed by atoms with Crippen LogP contribution in [0.3, 0.4) is 0 Å². The van der Waals surface area contributed by atoms with Gasteiger partial charge in [0.25, 0.3) is 5.56 Å². The van der Waals surface area contributed by atoms with E-state index in [1.54, 1.807) is 0 Å². The lowest BCUT2D eigenvalue weighted by atomic mass is 10.1. The summed E-state index contributed by atoms with van der Waals surface area (Å²) < 4.78 is 10.2. The average molecular weight is 456 g/mol. The number of fused-ring (bicyclic) bond motifs is 1. The normalized spacial score (nSPS) is 10.9. The van der Waals surface area contributed by atoms with Gasteiger partial charge >= 0.3 is 11.9 Å². The number of ether oxygens (including phenoxy) is 2. The number of aromatic nitrogens is 4. The summed E-state index contributed by atoms with van der Waals surface area (Å²) in [4.78, 5) is 44.2. The third-order valence-corrected chi connectivity index (χ3v) is 6.83. The topological polar surface area (TPSA) is 136 Å². The summed E-state index contributed by atoms with van der Waals surface area (Å²) >= 11 is 3.80. The van der Waals surface area contributed by atoms with Crippen LogP contribution >= 0.6 is 34.4 Å². The van der Waals surface area contributed by atoms with Gasteiger partial charge in [-0.3, -0.25) is 9.59 Å². The van der Waals surface area contributed by atoms with Crippen LogP contribution in [0, 0.1) is 0 Å². The molecule has 2 N–H and O–H groups in total. The van der Waals surface area contributed by atoms with Crippen molar-refractivity contribution in [2.24, 2.45) is 0 Å². The van der Waals surface area contributed by atoms with Crippen molar-refractivity contribution in [1.29, 1.82) is 0 Å². The third-order valence-electron chi connectivity index (χ3n) is 3.70. The second-order valence-electron chi connectivity index (χ2n) is 5.54. The van der Waals surface area contributed by atoms with E-state index in [1.807, 2.05) is 6.92 Å². The average Bonchev–Trinajstić information content (AvgIpc) is 3.30.